The van der Waals surface area contributed by atoms with Crippen molar-refractivity contribution >= 4 is 5.97 Å². The first-order chi connectivity index (χ1) is 4.61. The zero-order valence-corrected chi connectivity index (χ0v) is 5.40. The highest BCUT2D eigenvalue weighted by molar-refractivity contribution is 5.86. The third-order valence-electron chi connectivity index (χ3n) is 1.21. The number of carbonyl (C=O) groups is 1. The van der Waals surface area contributed by atoms with E-state index in [2.05, 4.69) is 0 Å². The molecule has 1 rings (SSSR count). The van der Waals surface area contributed by atoms with Crippen molar-refractivity contribution < 1.29 is 15.0 Å². The third-order valence-corrected chi connectivity index (χ3v) is 1.21. The molecule has 0 unspecified atom stereocenters. The Bertz CT molecular complexity index is 264. The molecule has 4 nitrogen and oxygen atoms in total. The Labute approximate surface area is 57.3 Å². The number of nitrogens with zero attached hydrogens (tertiary/aromatic N) is 1. The number of carboxylic acids is 1. The van der Waals surface area contributed by atoms with E-state index in [4.69, 9.17) is 10.2 Å². The maximum Gasteiger partial charge on any atom is 0.352 e. The van der Waals surface area contributed by atoms with E-state index in [0.29, 0.717) is 0 Å². The Hall–Kier alpha value is -1.45. The summed E-state index contributed by atoms with van der Waals surface area (Å²) < 4.78 is 1.34. The fraction of sp³-hybridized carbons (Fsp3) is 0.167. The molecule has 1 aromatic heterocycles. The molecule has 0 amide bonds. The molecule has 0 aliphatic rings. The molecule has 0 aromatic carbocycles. The van der Waals surface area contributed by atoms with Crippen molar-refractivity contribution in [1.29, 1.82) is 0 Å². The molecule has 0 aliphatic heterocycles. The second kappa shape index (κ2) is 2.06. The van der Waals surface area contributed by atoms with Gasteiger partial charge in [-0.3, -0.25) is 0 Å². The Morgan fingerprint density at radius 1 is 1.70 bits per heavy atom. The standard InChI is InChI=1S/C6H7NO3/c1-7-3-4(8)2-5(7)6(9)10/h2-3,8H,1H3,(H,9,10). The minimum absolute atomic E-state index is 0.0279. The summed E-state index contributed by atoms with van der Waals surface area (Å²) in [5, 5.41) is 17.2. The van der Waals surface area contributed by atoms with Crippen LogP contribution in [-0.4, -0.2) is 20.7 Å². The summed E-state index contributed by atoms with van der Waals surface area (Å²) in [7, 11) is 1.56. The van der Waals surface area contributed by atoms with Crippen LogP contribution in [0.1, 0.15) is 10.5 Å². The minimum atomic E-state index is -1.04. The van der Waals surface area contributed by atoms with Gasteiger partial charge in [-0.25, -0.2) is 4.79 Å². The summed E-state index contributed by atoms with van der Waals surface area (Å²) in [6.07, 6.45) is 1.34. The van der Waals surface area contributed by atoms with E-state index in [9.17, 15) is 4.79 Å². The Morgan fingerprint density at radius 2 is 2.30 bits per heavy atom. The summed E-state index contributed by atoms with van der Waals surface area (Å²) in [5.41, 5.74) is 0.0810. The smallest absolute Gasteiger partial charge is 0.352 e. The van der Waals surface area contributed by atoms with Crippen LogP contribution in [0.5, 0.6) is 5.75 Å². The van der Waals surface area contributed by atoms with Crippen LogP contribution in [-0.2, 0) is 7.05 Å². The lowest BCUT2D eigenvalue weighted by atomic mass is 10.4. The normalized spacial score (nSPS) is 9.70. The topological polar surface area (TPSA) is 62.5 Å². The molecular formula is C6H7NO3. The van der Waals surface area contributed by atoms with Crippen LogP contribution >= 0.6 is 0 Å². The molecule has 0 spiro atoms. The zero-order valence-electron chi connectivity index (χ0n) is 5.40. The highest BCUT2D eigenvalue weighted by Crippen LogP contribution is 2.12. The quantitative estimate of drug-likeness (QED) is 0.596. The fourth-order valence-corrected chi connectivity index (χ4v) is 0.760. The Kier molecular flexibility index (Phi) is 1.37. The zero-order chi connectivity index (χ0) is 7.72. The minimum Gasteiger partial charge on any atom is -0.506 e. The lowest BCUT2D eigenvalue weighted by molar-refractivity contribution is 0.0686. The Balaban J connectivity index is 3.15. The number of rotatable bonds is 1. The largest absolute Gasteiger partial charge is 0.506 e. The van der Waals surface area contributed by atoms with Gasteiger partial charge in [-0.15, -0.1) is 0 Å². The molecular weight excluding hydrogens is 134 g/mol. The number of aromatic nitrogens is 1. The third kappa shape index (κ3) is 0.953. The number of hydrogen-bond donors (Lipinski definition) is 2. The van der Waals surface area contributed by atoms with Crippen molar-refractivity contribution in [3.63, 3.8) is 0 Å². The van der Waals surface area contributed by atoms with Crippen LogP contribution in [0, 0.1) is 0 Å². The van der Waals surface area contributed by atoms with E-state index in [0.717, 1.165) is 0 Å². The predicted molar refractivity (Wildman–Crippen MR) is 34.0 cm³/mol. The van der Waals surface area contributed by atoms with Gasteiger partial charge >= 0.3 is 5.97 Å². The molecule has 1 aromatic rings. The molecule has 0 fully saturated rings. The first-order valence-corrected chi connectivity index (χ1v) is 2.70. The molecule has 10 heavy (non-hydrogen) atoms. The van der Waals surface area contributed by atoms with Gasteiger partial charge in [0.2, 0.25) is 0 Å². The first kappa shape index (κ1) is 6.67. The number of carboxylic acid groups (broad SMARTS) is 1. The van der Waals surface area contributed by atoms with Gasteiger partial charge in [0, 0.05) is 19.3 Å². The maximum absolute atomic E-state index is 10.3. The average Bonchev–Trinajstić information content (AvgIpc) is 2.10. The van der Waals surface area contributed by atoms with Gasteiger partial charge in [0.05, 0.1) is 0 Å². The first-order valence-electron chi connectivity index (χ1n) is 2.70. The number of hydrogen-bond acceptors (Lipinski definition) is 2. The fourth-order valence-electron chi connectivity index (χ4n) is 0.760. The van der Waals surface area contributed by atoms with Gasteiger partial charge in [-0.1, -0.05) is 0 Å². The average molecular weight is 141 g/mol. The van der Waals surface area contributed by atoms with Crippen molar-refractivity contribution in [3.8, 4) is 5.75 Å². The monoisotopic (exact) mass is 141 g/mol. The second-order valence-corrected chi connectivity index (χ2v) is 2.00. The van der Waals surface area contributed by atoms with Gasteiger partial charge in [0.15, 0.2) is 0 Å². The Morgan fingerprint density at radius 3 is 2.50 bits per heavy atom. The van der Waals surface area contributed by atoms with Crippen LogP contribution in [0.2, 0.25) is 0 Å². The molecule has 54 valence electrons. The molecule has 0 aliphatic carbocycles. The molecule has 0 saturated carbocycles. The summed E-state index contributed by atoms with van der Waals surface area (Å²) in [5.74, 6) is -1.07. The summed E-state index contributed by atoms with van der Waals surface area (Å²) in [4.78, 5) is 10.3. The molecule has 4 heteroatoms. The van der Waals surface area contributed by atoms with Crippen LogP contribution in [0.3, 0.4) is 0 Å². The summed E-state index contributed by atoms with van der Waals surface area (Å²) in [6.45, 7) is 0. The number of aromatic carboxylic acids is 1. The van der Waals surface area contributed by atoms with Gasteiger partial charge in [0.25, 0.3) is 0 Å². The van der Waals surface area contributed by atoms with Crippen molar-refractivity contribution in [3.05, 3.63) is 18.0 Å². The molecule has 2 N–H and O–H groups in total. The van der Waals surface area contributed by atoms with E-state index in [1.54, 1.807) is 7.05 Å². The van der Waals surface area contributed by atoms with E-state index < -0.39 is 5.97 Å². The van der Waals surface area contributed by atoms with E-state index in [1.165, 1.54) is 16.8 Å². The predicted octanol–water partition coefficient (Wildman–Crippen LogP) is 0.429. The van der Waals surface area contributed by atoms with Crippen LogP contribution in [0.15, 0.2) is 12.3 Å². The highest BCUT2D eigenvalue weighted by atomic mass is 16.4. The maximum atomic E-state index is 10.3. The lowest BCUT2D eigenvalue weighted by Crippen LogP contribution is -2.02. The molecule has 0 atom stereocenters. The summed E-state index contributed by atoms with van der Waals surface area (Å²) in [6, 6.07) is 1.20. The van der Waals surface area contributed by atoms with Crippen molar-refractivity contribution in [2.24, 2.45) is 7.05 Å². The number of aryl methyl sites for hydroxylation is 1. The van der Waals surface area contributed by atoms with Gasteiger partial charge in [0.1, 0.15) is 11.4 Å². The van der Waals surface area contributed by atoms with Crippen LogP contribution < -0.4 is 0 Å². The molecule has 0 saturated heterocycles. The summed E-state index contributed by atoms with van der Waals surface area (Å²) >= 11 is 0. The van der Waals surface area contributed by atoms with Crippen molar-refractivity contribution in [1.82, 2.24) is 4.57 Å². The SMILES string of the molecule is Cn1cc(O)cc1C(=O)O. The molecule has 0 bridgehead atoms. The van der Waals surface area contributed by atoms with Gasteiger partial charge in [-0.05, 0) is 0 Å². The van der Waals surface area contributed by atoms with Crippen LogP contribution in [0.25, 0.3) is 0 Å². The molecule has 1 heterocycles. The van der Waals surface area contributed by atoms with Crippen molar-refractivity contribution in [2.75, 3.05) is 0 Å². The second-order valence-electron chi connectivity index (χ2n) is 2.00. The molecule has 0 radical (unpaired) electrons. The van der Waals surface area contributed by atoms with Gasteiger partial charge < -0.3 is 14.8 Å². The van der Waals surface area contributed by atoms with E-state index in [1.807, 2.05) is 0 Å². The number of aromatic hydroxyl groups is 1. The highest BCUT2D eigenvalue weighted by Gasteiger charge is 2.07. The van der Waals surface area contributed by atoms with Crippen LogP contribution in [0.4, 0.5) is 0 Å². The van der Waals surface area contributed by atoms with E-state index in [-0.39, 0.29) is 11.4 Å². The van der Waals surface area contributed by atoms with Crippen molar-refractivity contribution in [2.45, 2.75) is 0 Å². The van der Waals surface area contributed by atoms with Gasteiger partial charge in [-0.2, -0.15) is 0 Å². The lowest BCUT2D eigenvalue weighted by Gasteiger charge is -1.92. The van der Waals surface area contributed by atoms with E-state index >= 15 is 0 Å².